The fraction of sp³-hybridized carbons (Fsp3) is 0.704. The zero-order valence-electron chi connectivity index (χ0n) is 21.5. The van der Waals surface area contributed by atoms with Crippen LogP contribution in [0.4, 0.5) is 0 Å². The number of nitrogens with zero attached hydrogens (tertiary/aromatic N) is 1. The number of hydrogen-bond donors (Lipinski definition) is 0. The van der Waals surface area contributed by atoms with Crippen LogP contribution >= 0.6 is 0 Å². The normalized spacial score (nSPS) is 28.9. The predicted molar refractivity (Wildman–Crippen MR) is 128 cm³/mol. The fourth-order valence-corrected chi connectivity index (χ4v) is 4.62. The molecule has 5 nitrogen and oxygen atoms in total. The Kier molecular flexibility index (Phi) is 8.33. The van der Waals surface area contributed by atoms with Crippen LogP contribution in [0.15, 0.2) is 30.3 Å². The Morgan fingerprint density at radius 1 is 1.16 bits per heavy atom. The van der Waals surface area contributed by atoms with Gasteiger partial charge in [0, 0.05) is 12.3 Å². The number of ketones is 1. The average molecular weight is 446 g/mol. The van der Waals surface area contributed by atoms with E-state index >= 15 is 0 Å². The molecule has 2 rings (SSSR count). The van der Waals surface area contributed by atoms with E-state index in [1.54, 1.807) is 0 Å². The minimum absolute atomic E-state index is 0.110. The van der Waals surface area contributed by atoms with Gasteiger partial charge in [0.05, 0.1) is 11.1 Å². The summed E-state index contributed by atoms with van der Waals surface area (Å²) in [6.45, 7) is 18.0. The van der Waals surface area contributed by atoms with Crippen molar-refractivity contribution in [2.75, 3.05) is 0 Å². The molecule has 0 aliphatic carbocycles. The molecule has 32 heavy (non-hydrogen) atoms. The van der Waals surface area contributed by atoms with Crippen LogP contribution in [0.25, 0.3) is 0 Å². The van der Waals surface area contributed by atoms with Crippen LogP contribution in [-0.2, 0) is 19.2 Å². The average Bonchev–Trinajstić information content (AvgIpc) is 2.73. The van der Waals surface area contributed by atoms with Crippen molar-refractivity contribution in [3.8, 4) is 0 Å². The first-order valence-electron chi connectivity index (χ1n) is 12.0. The van der Waals surface area contributed by atoms with Gasteiger partial charge < -0.3 is 4.74 Å². The lowest BCUT2D eigenvalue weighted by molar-refractivity contribution is -0.316. The number of esters is 1. The van der Waals surface area contributed by atoms with E-state index in [0.29, 0.717) is 12.8 Å². The summed E-state index contributed by atoms with van der Waals surface area (Å²) in [5, 5.41) is 1.98. The monoisotopic (exact) mass is 445 g/mol. The molecular weight excluding hydrogens is 402 g/mol. The van der Waals surface area contributed by atoms with Crippen molar-refractivity contribution >= 4 is 11.8 Å². The minimum Gasteiger partial charge on any atom is -0.458 e. The molecule has 1 aliphatic rings. The molecule has 1 aromatic carbocycles. The summed E-state index contributed by atoms with van der Waals surface area (Å²) in [5.74, 6) is -0.178. The molecule has 5 heteroatoms. The largest absolute Gasteiger partial charge is 0.458 e. The summed E-state index contributed by atoms with van der Waals surface area (Å²) in [6.07, 6.45) is 1.63. The summed E-state index contributed by atoms with van der Waals surface area (Å²) in [5.41, 5.74) is -0.438. The number of hydroxylamine groups is 2. The lowest BCUT2D eigenvalue weighted by Crippen LogP contribution is -2.67. The van der Waals surface area contributed by atoms with E-state index < -0.39 is 22.8 Å². The van der Waals surface area contributed by atoms with Gasteiger partial charge in [-0.2, -0.15) is 5.06 Å². The first-order chi connectivity index (χ1) is 14.8. The van der Waals surface area contributed by atoms with Crippen molar-refractivity contribution in [3.63, 3.8) is 0 Å². The van der Waals surface area contributed by atoms with Gasteiger partial charge in [-0.05, 0) is 65.4 Å². The van der Waals surface area contributed by atoms with Gasteiger partial charge in [0.1, 0.15) is 11.4 Å². The molecule has 180 valence electrons. The van der Waals surface area contributed by atoms with Crippen LogP contribution in [0, 0.1) is 5.92 Å². The number of ether oxygens (including phenoxy) is 1. The van der Waals surface area contributed by atoms with Crippen molar-refractivity contribution in [1.82, 2.24) is 5.06 Å². The van der Waals surface area contributed by atoms with Gasteiger partial charge in [0.15, 0.2) is 6.10 Å². The van der Waals surface area contributed by atoms with E-state index in [2.05, 4.69) is 46.8 Å². The maximum atomic E-state index is 13.3. The lowest BCUT2D eigenvalue weighted by Gasteiger charge is -2.56. The third-order valence-corrected chi connectivity index (χ3v) is 7.24. The molecule has 1 saturated heterocycles. The standard InChI is InChI=1S/C27H43NO4/c1-10-26(8)18-22(29)20(4)27(9,11-2)28(26)32-23(24(30)31-25(5,6)7)17-19(3)21-15-13-12-14-16-21/h12-16,19-20,23H,10-11,17-18H2,1-9H3. The molecule has 0 aromatic heterocycles. The molecule has 0 radical (unpaired) electrons. The molecule has 5 atom stereocenters. The van der Waals surface area contributed by atoms with Gasteiger partial charge in [-0.25, -0.2) is 4.79 Å². The van der Waals surface area contributed by atoms with Crippen molar-refractivity contribution < 1.29 is 19.2 Å². The fourth-order valence-electron chi connectivity index (χ4n) is 4.62. The van der Waals surface area contributed by atoms with E-state index in [1.807, 2.05) is 51.0 Å². The number of Topliss-reactive ketones (excluding diaryl/α,β-unsaturated/α-hetero) is 1. The first-order valence-corrected chi connectivity index (χ1v) is 12.0. The maximum absolute atomic E-state index is 13.3. The highest BCUT2D eigenvalue weighted by atomic mass is 16.7. The van der Waals surface area contributed by atoms with Crippen LogP contribution in [0.5, 0.6) is 0 Å². The Labute approximate surface area is 194 Å². The molecule has 1 heterocycles. The van der Waals surface area contributed by atoms with Crippen molar-refractivity contribution in [1.29, 1.82) is 0 Å². The second-order valence-electron chi connectivity index (χ2n) is 10.9. The molecular formula is C27H43NO4. The summed E-state index contributed by atoms with van der Waals surface area (Å²) >= 11 is 0. The summed E-state index contributed by atoms with van der Waals surface area (Å²) in [4.78, 5) is 32.8. The van der Waals surface area contributed by atoms with Crippen molar-refractivity contribution in [2.24, 2.45) is 5.92 Å². The van der Waals surface area contributed by atoms with Crippen LogP contribution in [0.1, 0.15) is 99.5 Å². The van der Waals surface area contributed by atoms with Gasteiger partial charge in [-0.15, -0.1) is 0 Å². The molecule has 1 aliphatic heterocycles. The topological polar surface area (TPSA) is 55.8 Å². The van der Waals surface area contributed by atoms with Gasteiger partial charge in [0.2, 0.25) is 0 Å². The van der Waals surface area contributed by atoms with Gasteiger partial charge >= 0.3 is 5.97 Å². The molecule has 5 unspecified atom stereocenters. The van der Waals surface area contributed by atoms with Crippen LogP contribution < -0.4 is 0 Å². The zero-order chi connectivity index (χ0) is 24.3. The van der Waals surface area contributed by atoms with Crippen molar-refractivity contribution in [3.05, 3.63) is 35.9 Å². The number of piperidine rings is 1. The highest BCUT2D eigenvalue weighted by molar-refractivity contribution is 5.84. The quantitative estimate of drug-likeness (QED) is 0.455. The minimum atomic E-state index is -0.762. The summed E-state index contributed by atoms with van der Waals surface area (Å²) in [6, 6.07) is 10.2. The highest BCUT2D eigenvalue weighted by Gasteiger charge is 2.54. The van der Waals surface area contributed by atoms with Gasteiger partial charge in [-0.3, -0.25) is 9.63 Å². The maximum Gasteiger partial charge on any atom is 0.337 e. The third kappa shape index (κ3) is 5.79. The van der Waals surface area contributed by atoms with Crippen LogP contribution in [0.3, 0.4) is 0 Å². The van der Waals surface area contributed by atoms with E-state index in [-0.39, 0.29) is 23.6 Å². The SMILES string of the molecule is CCC1(C)CC(=O)C(C)C(C)(CC)N1OC(CC(C)c1ccccc1)C(=O)OC(C)(C)C. The summed E-state index contributed by atoms with van der Waals surface area (Å²) < 4.78 is 5.77. The smallest absolute Gasteiger partial charge is 0.337 e. The molecule has 1 aromatic rings. The summed E-state index contributed by atoms with van der Waals surface area (Å²) in [7, 11) is 0. The number of carbonyl (C=O) groups excluding carboxylic acids is 2. The van der Waals surface area contributed by atoms with Gasteiger partial charge in [0.25, 0.3) is 0 Å². The van der Waals surface area contributed by atoms with Crippen LogP contribution in [-0.4, -0.2) is 39.6 Å². The Hall–Kier alpha value is -1.72. The van der Waals surface area contributed by atoms with Crippen LogP contribution in [0.2, 0.25) is 0 Å². The number of carbonyl (C=O) groups is 2. The zero-order valence-corrected chi connectivity index (χ0v) is 21.5. The second kappa shape index (κ2) is 10.0. The predicted octanol–water partition coefficient (Wildman–Crippen LogP) is 6.07. The highest BCUT2D eigenvalue weighted by Crippen LogP contribution is 2.45. The molecule has 0 saturated carbocycles. The third-order valence-electron chi connectivity index (χ3n) is 7.24. The second-order valence-corrected chi connectivity index (χ2v) is 10.9. The first kappa shape index (κ1) is 26.5. The Bertz CT molecular complexity index is 787. The molecule has 0 N–H and O–H groups in total. The van der Waals surface area contributed by atoms with E-state index in [9.17, 15) is 9.59 Å². The van der Waals surface area contributed by atoms with E-state index in [4.69, 9.17) is 9.57 Å². The molecule has 0 bridgehead atoms. The molecule has 1 fully saturated rings. The number of benzene rings is 1. The van der Waals surface area contributed by atoms with Gasteiger partial charge in [-0.1, -0.05) is 58.0 Å². The molecule has 0 amide bonds. The Morgan fingerprint density at radius 2 is 1.75 bits per heavy atom. The number of rotatable bonds is 8. The lowest BCUT2D eigenvalue weighted by atomic mass is 9.70. The van der Waals surface area contributed by atoms with E-state index in [0.717, 1.165) is 18.4 Å². The van der Waals surface area contributed by atoms with E-state index in [1.165, 1.54) is 0 Å². The van der Waals surface area contributed by atoms with Crippen molar-refractivity contribution in [2.45, 2.75) is 117 Å². The molecule has 0 spiro atoms. The Morgan fingerprint density at radius 3 is 2.25 bits per heavy atom. The number of hydrogen-bond acceptors (Lipinski definition) is 5. The Balaban J connectivity index is 2.42.